The minimum Gasteiger partial charge on any atom is -0.460 e. The third kappa shape index (κ3) is 3.05. The number of aromatic amines is 1. The van der Waals surface area contributed by atoms with Crippen molar-refractivity contribution in [3.63, 3.8) is 0 Å². The first kappa shape index (κ1) is 14.8. The number of nitrogens with zero attached hydrogens (tertiary/aromatic N) is 2. The molecule has 0 radical (unpaired) electrons. The molecule has 2 N–H and O–H groups in total. The number of hydrogen-bond acceptors (Lipinski definition) is 5. The molecule has 7 heteroatoms. The number of aliphatic hydroxyl groups excluding tert-OH is 1. The van der Waals surface area contributed by atoms with Crippen LogP contribution in [0.1, 0.15) is 16.2 Å². The number of rotatable bonds is 3. The smallest absolute Gasteiger partial charge is 0.274 e. The lowest BCUT2D eigenvalue weighted by Crippen LogP contribution is -2.37. The number of ether oxygens (including phenoxy) is 1. The van der Waals surface area contributed by atoms with Crippen LogP contribution in [0.15, 0.2) is 22.6 Å². The van der Waals surface area contributed by atoms with Crippen molar-refractivity contribution >= 4 is 5.91 Å². The molecule has 0 saturated carbocycles. The molecule has 3 heterocycles. The Morgan fingerprint density at radius 1 is 1.55 bits per heavy atom. The van der Waals surface area contributed by atoms with Gasteiger partial charge in [-0.25, -0.2) is 0 Å². The Morgan fingerprint density at radius 3 is 3.14 bits per heavy atom. The van der Waals surface area contributed by atoms with Gasteiger partial charge in [0.05, 0.1) is 13.2 Å². The van der Waals surface area contributed by atoms with Gasteiger partial charge in [-0.1, -0.05) is 0 Å². The summed E-state index contributed by atoms with van der Waals surface area (Å²) in [5.41, 5.74) is 1.00. The van der Waals surface area contributed by atoms with E-state index in [9.17, 15) is 9.90 Å². The molecule has 0 aliphatic carbocycles. The van der Waals surface area contributed by atoms with Crippen molar-refractivity contribution in [3.05, 3.63) is 29.7 Å². The number of carbonyl (C=O) groups excluding carboxylic acids is 1. The van der Waals surface area contributed by atoms with Crippen LogP contribution in [0.2, 0.25) is 0 Å². The monoisotopic (exact) mass is 305 g/mol. The van der Waals surface area contributed by atoms with Crippen LogP contribution in [-0.4, -0.2) is 59.0 Å². The van der Waals surface area contributed by atoms with Crippen LogP contribution in [0.25, 0.3) is 11.5 Å². The van der Waals surface area contributed by atoms with Gasteiger partial charge in [0.2, 0.25) is 0 Å². The SMILES string of the molecule is Cc1ccc(-c2cc(C(=O)N3CCOC[C@H](CO)C3)n[nH]2)o1. The second-order valence-corrected chi connectivity index (χ2v) is 5.45. The van der Waals surface area contributed by atoms with Crippen LogP contribution in [-0.2, 0) is 4.74 Å². The minimum atomic E-state index is -0.172. The van der Waals surface area contributed by atoms with E-state index < -0.39 is 0 Å². The van der Waals surface area contributed by atoms with Crippen LogP contribution in [0.4, 0.5) is 0 Å². The Kier molecular flexibility index (Phi) is 4.26. The maximum absolute atomic E-state index is 12.5. The lowest BCUT2D eigenvalue weighted by molar-refractivity contribution is 0.0722. The van der Waals surface area contributed by atoms with Crippen molar-refractivity contribution in [2.75, 3.05) is 32.9 Å². The summed E-state index contributed by atoms with van der Waals surface area (Å²) in [5, 5.41) is 16.2. The van der Waals surface area contributed by atoms with Gasteiger partial charge in [0.25, 0.3) is 5.91 Å². The second-order valence-electron chi connectivity index (χ2n) is 5.45. The Balaban J connectivity index is 1.76. The van der Waals surface area contributed by atoms with E-state index in [0.717, 1.165) is 5.76 Å². The predicted molar refractivity (Wildman–Crippen MR) is 78.3 cm³/mol. The van der Waals surface area contributed by atoms with Gasteiger partial charge in [-0.2, -0.15) is 5.10 Å². The Bertz CT molecular complexity index is 649. The van der Waals surface area contributed by atoms with Crippen LogP contribution >= 0.6 is 0 Å². The molecular weight excluding hydrogens is 286 g/mol. The number of nitrogens with one attached hydrogen (secondary N) is 1. The summed E-state index contributed by atoms with van der Waals surface area (Å²) < 4.78 is 10.9. The molecule has 1 atom stereocenters. The summed E-state index contributed by atoms with van der Waals surface area (Å²) in [6, 6.07) is 5.37. The first-order valence-corrected chi connectivity index (χ1v) is 7.27. The molecule has 0 unspecified atom stereocenters. The molecule has 3 rings (SSSR count). The highest BCUT2D eigenvalue weighted by molar-refractivity contribution is 5.93. The van der Waals surface area contributed by atoms with E-state index in [1.54, 1.807) is 11.0 Å². The number of amides is 1. The van der Waals surface area contributed by atoms with Crippen molar-refractivity contribution in [2.24, 2.45) is 5.92 Å². The molecule has 0 spiro atoms. The lowest BCUT2D eigenvalue weighted by Gasteiger charge is -2.21. The summed E-state index contributed by atoms with van der Waals surface area (Å²) in [7, 11) is 0. The molecule has 1 fully saturated rings. The number of aliphatic hydroxyl groups is 1. The maximum Gasteiger partial charge on any atom is 0.274 e. The topological polar surface area (TPSA) is 91.6 Å². The first-order chi connectivity index (χ1) is 10.7. The predicted octanol–water partition coefficient (Wildman–Crippen LogP) is 1.06. The fraction of sp³-hybridized carbons (Fsp3) is 0.467. The van der Waals surface area contributed by atoms with Crippen molar-refractivity contribution in [3.8, 4) is 11.5 Å². The molecule has 1 aliphatic rings. The van der Waals surface area contributed by atoms with E-state index in [1.807, 2.05) is 19.1 Å². The highest BCUT2D eigenvalue weighted by Gasteiger charge is 2.25. The van der Waals surface area contributed by atoms with Gasteiger partial charge in [-0.15, -0.1) is 0 Å². The first-order valence-electron chi connectivity index (χ1n) is 7.27. The minimum absolute atomic E-state index is 0.00126. The van der Waals surface area contributed by atoms with Gasteiger partial charge in [0.1, 0.15) is 11.5 Å². The van der Waals surface area contributed by atoms with E-state index in [1.165, 1.54) is 0 Å². The number of H-pyrrole nitrogens is 1. The lowest BCUT2D eigenvalue weighted by atomic mass is 10.1. The zero-order valence-electron chi connectivity index (χ0n) is 12.4. The third-order valence-electron chi connectivity index (χ3n) is 3.69. The molecule has 0 aromatic carbocycles. The average molecular weight is 305 g/mol. The average Bonchev–Trinajstić information content (AvgIpc) is 3.10. The van der Waals surface area contributed by atoms with E-state index in [2.05, 4.69) is 10.2 Å². The van der Waals surface area contributed by atoms with Gasteiger partial charge in [0.15, 0.2) is 11.5 Å². The van der Waals surface area contributed by atoms with Crippen LogP contribution in [0, 0.1) is 12.8 Å². The molecule has 1 saturated heterocycles. The second kappa shape index (κ2) is 6.33. The molecule has 118 valence electrons. The summed E-state index contributed by atoms with van der Waals surface area (Å²) >= 11 is 0. The molecule has 0 bridgehead atoms. The normalized spacial score (nSPS) is 19.2. The zero-order chi connectivity index (χ0) is 15.5. The van der Waals surface area contributed by atoms with Crippen molar-refractivity contribution < 1.29 is 19.1 Å². The van der Waals surface area contributed by atoms with Gasteiger partial charge >= 0.3 is 0 Å². The fourth-order valence-electron chi connectivity index (χ4n) is 2.47. The molecule has 2 aromatic heterocycles. The van der Waals surface area contributed by atoms with Crippen LogP contribution < -0.4 is 0 Å². The highest BCUT2D eigenvalue weighted by Crippen LogP contribution is 2.21. The van der Waals surface area contributed by atoms with E-state index in [0.29, 0.717) is 43.5 Å². The van der Waals surface area contributed by atoms with Gasteiger partial charge in [0, 0.05) is 31.7 Å². The van der Waals surface area contributed by atoms with E-state index >= 15 is 0 Å². The Morgan fingerprint density at radius 2 is 2.41 bits per heavy atom. The zero-order valence-corrected chi connectivity index (χ0v) is 12.4. The number of hydrogen-bond donors (Lipinski definition) is 2. The maximum atomic E-state index is 12.5. The summed E-state index contributed by atoms with van der Waals surface area (Å²) in [6.45, 7) is 3.77. The van der Waals surface area contributed by atoms with E-state index in [4.69, 9.17) is 9.15 Å². The highest BCUT2D eigenvalue weighted by atomic mass is 16.5. The standard InChI is InChI=1S/C15H19N3O4/c1-10-2-3-14(22-10)12-6-13(17-16-12)15(20)18-4-5-21-9-11(7-18)8-19/h2-3,6,11,19H,4-5,7-9H2,1H3,(H,16,17)/t11-/m0/s1. The van der Waals surface area contributed by atoms with Crippen LogP contribution in [0.5, 0.6) is 0 Å². The molecular formula is C15H19N3O4. The number of carbonyl (C=O) groups is 1. The van der Waals surface area contributed by atoms with Gasteiger partial charge in [-0.3, -0.25) is 9.89 Å². The Labute approximate surface area is 127 Å². The van der Waals surface area contributed by atoms with Crippen molar-refractivity contribution in [1.82, 2.24) is 15.1 Å². The summed E-state index contributed by atoms with van der Waals surface area (Å²) in [6.07, 6.45) is 0. The Hall–Kier alpha value is -2.12. The largest absolute Gasteiger partial charge is 0.460 e. The summed E-state index contributed by atoms with van der Waals surface area (Å²) in [4.78, 5) is 14.2. The quantitative estimate of drug-likeness (QED) is 0.884. The molecule has 22 heavy (non-hydrogen) atoms. The van der Waals surface area contributed by atoms with Gasteiger partial charge in [-0.05, 0) is 19.1 Å². The van der Waals surface area contributed by atoms with Crippen molar-refractivity contribution in [1.29, 1.82) is 0 Å². The fourth-order valence-corrected chi connectivity index (χ4v) is 2.47. The number of aromatic nitrogens is 2. The molecule has 1 amide bonds. The molecule has 1 aliphatic heterocycles. The number of aryl methyl sites for hydroxylation is 1. The third-order valence-corrected chi connectivity index (χ3v) is 3.69. The van der Waals surface area contributed by atoms with Gasteiger partial charge < -0.3 is 19.2 Å². The van der Waals surface area contributed by atoms with Crippen LogP contribution in [0.3, 0.4) is 0 Å². The van der Waals surface area contributed by atoms with E-state index in [-0.39, 0.29) is 18.4 Å². The molecule has 7 nitrogen and oxygen atoms in total. The number of furan rings is 1. The summed E-state index contributed by atoms with van der Waals surface area (Å²) in [5.74, 6) is 1.22. The molecule has 2 aromatic rings. The van der Waals surface area contributed by atoms with Crippen molar-refractivity contribution in [2.45, 2.75) is 6.92 Å².